The summed E-state index contributed by atoms with van der Waals surface area (Å²) >= 11 is 8.99. The van der Waals surface area contributed by atoms with Crippen molar-refractivity contribution >= 4 is 46.4 Å². The van der Waals surface area contributed by atoms with Gasteiger partial charge in [0.2, 0.25) is 11.8 Å². The van der Waals surface area contributed by atoms with Crippen LogP contribution in [0.1, 0.15) is 43.9 Å². The average Bonchev–Trinajstić information content (AvgIpc) is 3.44. The number of rotatable bonds is 8. The van der Waals surface area contributed by atoms with E-state index in [0.29, 0.717) is 21.5 Å². The Hall–Kier alpha value is -2.35. The van der Waals surface area contributed by atoms with E-state index in [1.54, 1.807) is 6.07 Å². The highest BCUT2D eigenvalue weighted by molar-refractivity contribution is 8.01. The van der Waals surface area contributed by atoms with Crippen LogP contribution in [0.3, 0.4) is 0 Å². The van der Waals surface area contributed by atoms with Crippen molar-refractivity contribution in [3.63, 3.8) is 0 Å². The van der Waals surface area contributed by atoms with E-state index in [4.69, 9.17) is 21.3 Å². The molecule has 3 atom stereocenters. The molecule has 1 amide bonds. The molecule has 1 saturated carbocycles. The Kier molecular flexibility index (Phi) is 6.69. The SMILES string of the molecule is CC(CC1CC1)Oc1cccc(C2(c3ccsc3)CC(=O)[C@@H](Sc3ccccc3Cl)C(=O)N2)n1. The van der Waals surface area contributed by atoms with Crippen molar-refractivity contribution in [1.29, 1.82) is 0 Å². The Morgan fingerprint density at radius 2 is 2.03 bits per heavy atom. The van der Waals surface area contributed by atoms with Gasteiger partial charge in [0.25, 0.3) is 0 Å². The zero-order valence-electron chi connectivity index (χ0n) is 18.7. The average molecular weight is 513 g/mol. The highest BCUT2D eigenvalue weighted by atomic mass is 35.5. The number of ether oxygens (including phenoxy) is 1. The van der Waals surface area contributed by atoms with Crippen molar-refractivity contribution < 1.29 is 14.3 Å². The van der Waals surface area contributed by atoms with Crippen LogP contribution >= 0.6 is 34.7 Å². The van der Waals surface area contributed by atoms with Gasteiger partial charge >= 0.3 is 0 Å². The number of benzene rings is 1. The first-order chi connectivity index (χ1) is 16.4. The van der Waals surface area contributed by atoms with Crippen molar-refractivity contribution in [1.82, 2.24) is 10.3 Å². The third-order valence-corrected chi connectivity index (χ3v) is 8.69. The molecule has 3 aromatic rings. The lowest BCUT2D eigenvalue weighted by Crippen LogP contribution is -2.58. The molecule has 1 aromatic carbocycles. The number of amides is 1. The molecule has 3 heterocycles. The molecule has 176 valence electrons. The lowest BCUT2D eigenvalue weighted by molar-refractivity contribution is -0.133. The van der Waals surface area contributed by atoms with E-state index in [-0.39, 0.29) is 24.2 Å². The normalized spacial score (nSPS) is 23.4. The van der Waals surface area contributed by atoms with E-state index >= 15 is 0 Å². The molecule has 1 aliphatic heterocycles. The first-order valence-corrected chi connectivity index (χ1v) is 13.6. The Labute approximate surface area is 212 Å². The maximum Gasteiger partial charge on any atom is 0.242 e. The van der Waals surface area contributed by atoms with E-state index in [1.165, 1.54) is 35.9 Å². The van der Waals surface area contributed by atoms with Gasteiger partial charge in [-0.15, -0.1) is 11.8 Å². The van der Waals surface area contributed by atoms with Crippen LogP contribution in [0.5, 0.6) is 5.88 Å². The molecule has 34 heavy (non-hydrogen) atoms. The molecule has 1 N–H and O–H groups in total. The van der Waals surface area contributed by atoms with Crippen LogP contribution < -0.4 is 10.1 Å². The zero-order valence-corrected chi connectivity index (χ0v) is 21.1. The number of piperidine rings is 1. The Bertz CT molecular complexity index is 1180. The monoisotopic (exact) mass is 512 g/mol. The Morgan fingerprint density at radius 3 is 2.74 bits per heavy atom. The van der Waals surface area contributed by atoms with Crippen molar-refractivity contribution in [3.8, 4) is 5.88 Å². The first kappa shape index (κ1) is 23.4. The van der Waals surface area contributed by atoms with Gasteiger partial charge in [0.15, 0.2) is 5.78 Å². The van der Waals surface area contributed by atoms with E-state index in [2.05, 4.69) is 12.2 Å². The van der Waals surface area contributed by atoms with Crippen LogP contribution in [-0.2, 0) is 15.1 Å². The van der Waals surface area contributed by atoms with Crippen LogP contribution in [0, 0.1) is 5.92 Å². The highest BCUT2D eigenvalue weighted by Gasteiger charge is 2.48. The molecular formula is C26H25ClN2O3S2. The van der Waals surface area contributed by atoms with Gasteiger partial charge in [-0.05, 0) is 59.9 Å². The number of hydrogen-bond acceptors (Lipinski definition) is 6. The second-order valence-corrected chi connectivity index (χ2v) is 11.3. The Morgan fingerprint density at radius 1 is 1.21 bits per heavy atom. The largest absolute Gasteiger partial charge is 0.475 e. The summed E-state index contributed by atoms with van der Waals surface area (Å²) in [6.07, 6.45) is 3.71. The Balaban J connectivity index is 1.44. The molecule has 0 radical (unpaired) electrons. The number of Topliss-reactive ketones (excluding diaryl/α,β-unsaturated/α-hetero) is 1. The number of halogens is 1. The number of thioether (sulfide) groups is 1. The number of thiophene rings is 1. The van der Waals surface area contributed by atoms with Crippen LogP contribution in [0.15, 0.2) is 64.2 Å². The van der Waals surface area contributed by atoms with Gasteiger partial charge in [-0.2, -0.15) is 11.3 Å². The van der Waals surface area contributed by atoms with Gasteiger partial charge < -0.3 is 10.1 Å². The number of nitrogens with zero attached hydrogens (tertiary/aromatic N) is 1. The number of nitrogens with one attached hydrogen (secondary N) is 1. The topological polar surface area (TPSA) is 68.3 Å². The molecule has 8 heteroatoms. The van der Waals surface area contributed by atoms with Crippen LogP contribution in [0.4, 0.5) is 0 Å². The number of pyridine rings is 1. The fourth-order valence-corrected chi connectivity index (χ4v) is 6.36. The van der Waals surface area contributed by atoms with E-state index in [1.807, 2.05) is 53.2 Å². The summed E-state index contributed by atoms with van der Waals surface area (Å²) < 4.78 is 6.10. The quantitative estimate of drug-likeness (QED) is 0.383. The van der Waals surface area contributed by atoms with Gasteiger partial charge in [-0.25, -0.2) is 4.98 Å². The molecule has 2 fully saturated rings. The summed E-state index contributed by atoms with van der Waals surface area (Å²) in [4.78, 5) is 32.2. The molecule has 1 saturated heterocycles. The summed E-state index contributed by atoms with van der Waals surface area (Å²) in [7, 11) is 0. The van der Waals surface area contributed by atoms with Gasteiger partial charge in [-0.3, -0.25) is 9.59 Å². The summed E-state index contributed by atoms with van der Waals surface area (Å²) in [5.74, 6) is 0.755. The lowest BCUT2D eigenvalue weighted by atomic mass is 9.79. The number of carbonyl (C=O) groups is 2. The maximum absolute atomic E-state index is 13.4. The molecule has 0 bridgehead atoms. The lowest BCUT2D eigenvalue weighted by Gasteiger charge is -2.39. The summed E-state index contributed by atoms with van der Waals surface area (Å²) in [6, 6.07) is 14.7. The number of ketones is 1. The third kappa shape index (κ3) is 4.88. The fourth-order valence-electron chi connectivity index (χ4n) is 4.39. The maximum atomic E-state index is 13.4. The molecule has 1 aliphatic carbocycles. The molecular weight excluding hydrogens is 488 g/mol. The van der Waals surface area contributed by atoms with Crippen molar-refractivity contribution in [2.24, 2.45) is 5.92 Å². The van der Waals surface area contributed by atoms with Gasteiger partial charge in [0.1, 0.15) is 10.8 Å². The minimum Gasteiger partial charge on any atom is -0.475 e. The predicted octanol–water partition coefficient (Wildman–Crippen LogP) is 5.86. The minimum absolute atomic E-state index is 0.0614. The summed E-state index contributed by atoms with van der Waals surface area (Å²) in [5, 5.41) is 6.71. The van der Waals surface area contributed by atoms with Crippen LogP contribution in [-0.4, -0.2) is 28.0 Å². The van der Waals surface area contributed by atoms with E-state index in [9.17, 15) is 9.59 Å². The first-order valence-electron chi connectivity index (χ1n) is 11.4. The number of aromatic nitrogens is 1. The van der Waals surface area contributed by atoms with Gasteiger partial charge in [0, 0.05) is 17.4 Å². The number of hydrogen-bond donors (Lipinski definition) is 1. The van der Waals surface area contributed by atoms with Crippen LogP contribution in [0.25, 0.3) is 0 Å². The van der Waals surface area contributed by atoms with E-state index < -0.39 is 10.8 Å². The summed E-state index contributed by atoms with van der Waals surface area (Å²) in [5.41, 5.74) is 0.408. The zero-order chi connectivity index (χ0) is 23.7. The molecule has 0 spiro atoms. The van der Waals surface area contributed by atoms with E-state index in [0.717, 1.165) is 17.9 Å². The molecule has 2 aliphatic rings. The standard InChI is InChI=1S/C26H25ClN2O3S2/c1-16(13-17-9-10-17)32-23-8-4-7-22(28-23)26(18-11-12-33-15-18)14-20(30)24(25(31)29-26)34-21-6-3-2-5-19(21)27/h2-8,11-12,15-17,24H,9-10,13-14H2,1H3,(H,29,31)/t16?,24-,26?/m1/s1. The smallest absolute Gasteiger partial charge is 0.242 e. The highest BCUT2D eigenvalue weighted by Crippen LogP contribution is 2.41. The molecule has 2 aromatic heterocycles. The van der Waals surface area contributed by atoms with Crippen LogP contribution in [0.2, 0.25) is 5.02 Å². The van der Waals surface area contributed by atoms with Gasteiger partial charge in [0.05, 0.1) is 16.8 Å². The number of carbonyl (C=O) groups excluding carboxylic acids is 2. The molecule has 5 rings (SSSR count). The molecule has 5 nitrogen and oxygen atoms in total. The summed E-state index contributed by atoms with van der Waals surface area (Å²) in [6.45, 7) is 2.06. The second kappa shape index (κ2) is 9.72. The van der Waals surface area contributed by atoms with Crippen molar-refractivity contribution in [2.75, 3.05) is 0 Å². The predicted molar refractivity (Wildman–Crippen MR) is 136 cm³/mol. The molecule has 2 unspecified atom stereocenters. The third-order valence-electron chi connectivity index (χ3n) is 6.25. The van der Waals surface area contributed by atoms with Crippen molar-refractivity contribution in [2.45, 2.75) is 54.4 Å². The second-order valence-electron chi connectivity index (χ2n) is 8.95. The van der Waals surface area contributed by atoms with Gasteiger partial charge in [-0.1, -0.05) is 42.6 Å². The van der Waals surface area contributed by atoms with Crippen molar-refractivity contribution in [3.05, 3.63) is 75.6 Å². The minimum atomic E-state index is -1.04. The fraction of sp³-hybridized carbons (Fsp3) is 0.346.